The Labute approximate surface area is 569 Å². The van der Waals surface area contributed by atoms with E-state index in [-0.39, 0.29) is 60.2 Å². The highest BCUT2D eigenvalue weighted by Crippen LogP contribution is 2.48. The highest BCUT2D eigenvalue weighted by Gasteiger charge is 2.50. The third kappa shape index (κ3) is 20.0. The molecule has 10 rings (SSSR count). The summed E-state index contributed by atoms with van der Waals surface area (Å²) in [5, 5.41) is 14.3. The number of hydrogen-bond acceptors (Lipinski definition) is 11. The Hall–Kier alpha value is -8.17. The van der Waals surface area contributed by atoms with Gasteiger partial charge in [-0.15, -0.1) is 0 Å². The zero-order chi connectivity index (χ0) is 70.0. The second-order valence-electron chi connectivity index (χ2n) is 26.1. The van der Waals surface area contributed by atoms with E-state index in [1.54, 1.807) is 33.9 Å². The van der Waals surface area contributed by atoms with Gasteiger partial charge in [-0.3, -0.25) is 24.6 Å². The molecule has 0 bridgehead atoms. The molecule has 3 aliphatic heterocycles. The number of likely N-dealkylation sites (N-methyl/N-ethyl adjacent to an activating group) is 2. The highest BCUT2D eigenvalue weighted by atomic mass is 19.4. The van der Waals surface area contributed by atoms with Crippen molar-refractivity contribution < 1.29 is 69.2 Å². The number of anilines is 1. The lowest BCUT2D eigenvalue weighted by atomic mass is 9.72. The molecule has 3 fully saturated rings. The summed E-state index contributed by atoms with van der Waals surface area (Å²) >= 11 is 0. The number of hydrogen-bond donors (Lipinski definition) is 2. The first-order chi connectivity index (χ1) is 46.9. The summed E-state index contributed by atoms with van der Waals surface area (Å²) in [5.41, 5.74) is 4.11. The van der Waals surface area contributed by atoms with Crippen molar-refractivity contribution in [1.82, 2.24) is 29.4 Å². The number of unbranched alkanes of at least 4 members (excludes halogenated alkanes) is 2. The van der Waals surface area contributed by atoms with Gasteiger partial charge in [-0.1, -0.05) is 96.8 Å². The van der Waals surface area contributed by atoms with Crippen molar-refractivity contribution >= 4 is 30.0 Å². The van der Waals surface area contributed by atoms with Gasteiger partial charge in [0.1, 0.15) is 30.5 Å². The number of likely N-dealkylation sites (tertiary alicyclic amines) is 2. The minimum atomic E-state index is -4.76. The van der Waals surface area contributed by atoms with Crippen LogP contribution in [0.4, 0.5) is 41.2 Å². The molecule has 4 aliphatic rings. The molecule has 3 saturated heterocycles. The summed E-state index contributed by atoms with van der Waals surface area (Å²) in [4.78, 5) is 62.7. The van der Waals surface area contributed by atoms with Gasteiger partial charge in [0.05, 0.1) is 36.1 Å². The first kappa shape index (κ1) is 74.1. The Morgan fingerprint density at radius 3 is 2.08 bits per heavy atom. The number of carbonyl (C=O) groups is 4. The van der Waals surface area contributed by atoms with Crippen LogP contribution >= 0.6 is 0 Å². The zero-order valence-corrected chi connectivity index (χ0v) is 56.1. The van der Waals surface area contributed by atoms with Crippen LogP contribution in [0.15, 0.2) is 146 Å². The van der Waals surface area contributed by atoms with Crippen LogP contribution in [0.1, 0.15) is 114 Å². The maximum atomic E-state index is 13.9. The molecule has 98 heavy (non-hydrogen) atoms. The summed E-state index contributed by atoms with van der Waals surface area (Å²) in [6.07, 6.45) is -2.05. The fourth-order valence-corrected chi connectivity index (χ4v) is 13.4. The smallest absolute Gasteiger partial charge is 0.416 e. The number of aliphatic hydroxyl groups excluding tert-OH is 1. The van der Waals surface area contributed by atoms with E-state index in [2.05, 4.69) is 51.2 Å². The third-order valence-corrected chi connectivity index (χ3v) is 19.2. The Morgan fingerprint density at radius 1 is 0.755 bits per heavy atom. The zero-order valence-electron chi connectivity index (χ0n) is 56.1. The maximum absolute atomic E-state index is 13.9. The molecule has 15 nitrogen and oxygen atoms in total. The number of nitrogens with one attached hydrogen (secondary N) is 1. The fourth-order valence-electron chi connectivity index (χ4n) is 13.4. The quantitative estimate of drug-likeness (QED) is 0.0196. The van der Waals surface area contributed by atoms with Crippen molar-refractivity contribution in [3.05, 3.63) is 196 Å². The number of aliphatic hydroxyl groups is 1. The van der Waals surface area contributed by atoms with Gasteiger partial charge in [-0.2, -0.15) is 26.3 Å². The van der Waals surface area contributed by atoms with Crippen molar-refractivity contribution in [1.29, 1.82) is 0 Å². The summed E-state index contributed by atoms with van der Waals surface area (Å²) in [6.45, 7) is 8.60. The van der Waals surface area contributed by atoms with E-state index in [0.29, 0.717) is 75.2 Å². The first-order valence-electron chi connectivity index (χ1n) is 33.5. The van der Waals surface area contributed by atoms with Crippen molar-refractivity contribution in [3.63, 3.8) is 0 Å². The van der Waals surface area contributed by atoms with Gasteiger partial charge in [0.2, 0.25) is 12.3 Å². The molecule has 4 amide bonds. The molecule has 524 valence electrons. The van der Waals surface area contributed by atoms with Gasteiger partial charge in [-0.25, -0.2) is 9.18 Å². The molecule has 1 unspecified atom stereocenters. The second-order valence-corrected chi connectivity index (χ2v) is 26.1. The number of rotatable bonds is 24. The van der Waals surface area contributed by atoms with Gasteiger partial charge in [0.25, 0.3) is 5.91 Å². The number of fused-ring (bicyclic) bond motifs is 2. The summed E-state index contributed by atoms with van der Waals surface area (Å²) in [6, 6.07) is 41.5. The van der Waals surface area contributed by atoms with Crippen LogP contribution in [0.2, 0.25) is 0 Å². The maximum Gasteiger partial charge on any atom is 0.416 e. The normalized spacial score (nSPS) is 18.3. The van der Waals surface area contributed by atoms with E-state index in [1.165, 1.54) is 30.2 Å². The van der Waals surface area contributed by atoms with Crippen LogP contribution in [-0.2, 0) is 53.6 Å². The lowest BCUT2D eigenvalue weighted by molar-refractivity contribution is -0.143. The molecular formula is C76H88F7N7O8. The second kappa shape index (κ2) is 34.1. The Bertz CT molecular complexity index is 3630. The fraction of sp³-hybridized carbons (Fsp3) is 0.447. The number of ether oxygens (including phenoxy) is 3. The number of halogens is 7. The van der Waals surface area contributed by atoms with Crippen LogP contribution in [0.3, 0.4) is 0 Å². The molecule has 1 aliphatic carbocycles. The molecule has 6 aromatic carbocycles. The molecule has 1 spiro atoms. The van der Waals surface area contributed by atoms with Crippen molar-refractivity contribution in [2.24, 2.45) is 0 Å². The van der Waals surface area contributed by atoms with E-state index >= 15 is 0 Å². The topological polar surface area (TPSA) is 148 Å². The Balaban J connectivity index is 0.000000662. The Morgan fingerprint density at radius 2 is 1.41 bits per heavy atom. The minimum absolute atomic E-state index is 0.0721. The third-order valence-electron chi connectivity index (χ3n) is 19.2. The molecule has 3 atom stereocenters. The number of benzene rings is 6. The van der Waals surface area contributed by atoms with E-state index < -0.39 is 41.4 Å². The summed E-state index contributed by atoms with van der Waals surface area (Å²) in [7, 11) is 5.54. The lowest BCUT2D eigenvalue weighted by Gasteiger charge is -2.44. The van der Waals surface area contributed by atoms with Crippen LogP contribution in [0.25, 0.3) is 11.1 Å². The minimum Gasteiger partial charge on any atom is -0.446 e. The van der Waals surface area contributed by atoms with Gasteiger partial charge >= 0.3 is 18.4 Å². The monoisotopic (exact) mass is 1360 g/mol. The largest absolute Gasteiger partial charge is 0.446 e. The number of carbonyl (C=O) groups excluding carboxylic acids is 4. The van der Waals surface area contributed by atoms with Crippen LogP contribution in [0, 0.1) is 24.6 Å². The molecule has 22 heteroatoms. The molecule has 0 radical (unpaired) electrons. The van der Waals surface area contributed by atoms with Crippen LogP contribution in [-0.4, -0.2) is 177 Å². The number of piperidine rings is 2. The number of alkyl halides is 6. The standard InChI is InChI=1S/C67H82FN7O8.C9H6F6/c1-70(63(78)47-81-61-46-54-19-11-13-21-59(54)66(61)34-41-74(42-35-66)43-36-67(48-75(49-76)50-82-67)55-28-30-56(68)31-29-55)37-15-38-72(3)64(79)53-26-24-51(25-27-53)16-7-4-5-10-23-62(77)71(2)44-45-73-39-32-57(33-40-73)83-65(80)69-60-22-14-12-20-58(60)52-17-8-6-9-18-52;1-5-2-6(8(10,11)12)4-7(3-5)9(13,14)15/h6,8-9,11-14,17-22,24-31,49,57,61,63,78H,4-5,10,15,23,32-48,50H2,1-3H3,(H,69,80);2-4H,1H3/t61-,63?,67-;/m0./s1. The molecule has 0 aromatic heterocycles. The molecule has 6 aromatic rings. The predicted octanol–water partition coefficient (Wildman–Crippen LogP) is 13.0. The summed E-state index contributed by atoms with van der Waals surface area (Å²) in [5.74, 6) is 6.17. The average Bonchev–Trinajstić information content (AvgIpc) is 1.58. The highest BCUT2D eigenvalue weighted by molar-refractivity contribution is 5.94. The van der Waals surface area contributed by atoms with Crippen molar-refractivity contribution in [2.45, 2.75) is 119 Å². The number of aryl methyl sites for hydroxylation is 1. The average molecular weight is 1360 g/mol. The van der Waals surface area contributed by atoms with E-state index in [0.717, 1.165) is 113 Å². The van der Waals surface area contributed by atoms with E-state index in [4.69, 9.17) is 14.2 Å². The van der Waals surface area contributed by atoms with Crippen LogP contribution in [0.5, 0.6) is 0 Å². The Kier molecular flexibility index (Phi) is 25.7. The number of nitrogens with zero attached hydrogens (tertiary/aromatic N) is 6. The van der Waals surface area contributed by atoms with Crippen molar-refractivity contribution in [3.8, 4) is 23.0 Å². The van der Waals surface area contributed by atoms with Crippen molar-refractivity contribution in [2.75, 3.05) is 105 Å². The molecule has 2 N–H and O–H groups in total. The lowest BCUT2D eigenvalue weighted by Crippen LogP contribution is -2.50. The van der Waals surface area contributed by atoms with E-state index in [1.807, 2.05) is 97.9 Å². The van der Waals surface area contributed by atoms with Gasteiger partial charge < -0.3 is 43.8 Å². The van der Waals surface area contributed by atoms with E-state index in [9.17, 15) is 55.0 Å². The predicted molar refractivity (Wildman–Crippen MR) is 361 cm³/mol. The van der Waals surface area contributed by atoms with Gasteiger partial charge in [0.15, 0.2) is 0 Å². The summed E-state index contributed by atoms with van der Waals surface area (Å²) < 4.78 is 106. The van der Waals surface area contributed by atoms with Gasteiger partial charge in [-0.05, 0) is 173 Å². The molecule has 0 saturated carbocycles. The first-order valence-corrected chi connectivity index (χ1v) is 33.5. The number of para-hydroxylation sites is 1. The molecule has 3 heterocycles. The number of amides is 4. The van der Waals surface area contributed by atoms with Crippen LogP contribution < -0.4 is 5.32 Å². The SMILES string of the molecule is CN(CCN1CCC(OC(=O)Nc2ccccc2-c2ccccc2)CC1)C(=O)CCCCC#Cc1ccc(C(=O)N(C)CCCN(C)C(O)CO[C@H]2Cc3ccccc3C23CCN(CC[C@@]2(c4ccc(F)cc4)CN(C=O)CO2)CC3)cc1.Cc1cc(C(F)(F)F)cc(C(F)(F)F)c1. The van der Waals surface area contributed by atoms with Gasteiger partial charge in [0, 0.05) is 94.9 Å². The molecular weight excluding hydrogens is 1270 g/mol.